The number of carbonyl (C=O) groups excluding carboxylic acids is 2. The fraction of sp³-hybridized carbons (Fsp3) is 0.222. The van der Waals surface area contributed by atoms with Crippen LogP contribution in [-0.2, 0) is 0 Å². The third-order valence-electron chi connectivity index (χ3n) is 6.74. The third-order valence-corrected chi connectivity index (χ3v) is 8.68. The Morgan fingerprint density at radius 1 is 1.16 bits per heavy atom. The summed E-state index contributed by atoms with van der Waals surface area (Å²) in [7, 11) is 0. The number of aromatic nitrogens is 1. The number of para-hydroxylation sites is 1. The maximum atomic E-state index is 13.4. The van der Waals surface area contributed by atoms with Crippen LogP contribution in [0.4, 0.5) is 21.9 Å². The van der Waals surface area contributed by atoms with E-state index in [0.717, 1.165) is 48.0 Å². The molecule has 2 atom stereocenters. The number of hydrogen-bond donors (Lipinski definition) is 3. The van der Waals surface area contributed by atoms with E-state index in [-0.39, 0.29) is 23.2 Å². The highest BCUT2D eigenvalue weighted by molar-refractivity contribution is 7.94. The molecule has 8 nitrogen and oxygen atoms in total. The van der Waals surface area contributed by atoms with Crippen molar-refractivity contribution in [2.24, 2.45) is 0 Å². The average Bonchev–Trinajstić information content (AvgIpc) is 3.50. The summed E-state index contributed by atoms with van der Waals surface area (Å²) in [5, 5.41) is 6.71. The Morgan fingerprint density at radius 3 is 2.78 bits per heavy atom. The van der Waals surface area contributed by atoms with Crippen molar-refractivity contribution >= 4 is 62.6 Å². The molecule has 2 aromatic carbocycles. The summed E-state index contributed by atoms with van der Waals surface area (Å²) < 4.78 is 15.5. The predicted molar refractivity (Wildman–Crippen MR) is 148 cm³/mol. The summed E-state index contributed by atoms with van der Waals surface area (Å²) in [6.45, 7) is 1.93. The predicted octanol–water partition coefficient (Wildman–Crippen LogP) is 6.94. The molecule has 0 bridgehead atoms. The van der Waals surface area contributed by atoms with E-state index in [2.05, 4.69) is 15.6 Å². The Hall–Kier alpha value is -3.60. The Balaban J connectivity index is 1.34. The fourth-order valence-electron chi connectivity index (χ4n) is 5.00. The summed E-state index contributed by atoms with van der Waals surface area (Å²) in [6.07, 6.45) is 4.28. The van der Waals surface area contributed by atoms with E-state index in [0.29, 0.717) is 32.5 Å². The van der Waals surface area contributed by atoms with Crippen LogP contribution in [0, 0.1) is 6.92 Å². The van der Waals surface area contributed by atoms with E-state index in [1.165, 1.54) is 11.3 Å². The molecule has 1 aliphatic heterocycles. The maximum absolute atomic E-state index is 13.4. The Labute approximate surface area is 221 Å². The van der Waals surface area contributed by atoms with Crippen LogP contribution in [0.1, 0.15) is 34.5 Å². The zero-order valence-corrected chi connectivity index (χ0v) is 21.6. The number of thiophene rings is 1. The van der Waals surface area contributed by atoms with Crippen molar-refractivity contribution in [2.75, 3.05) is 10.2 Å². The summed E-state index contributed by atoms with van der Waals surface area (Å²) >= 11 is 2.05. The first-order valence-electron chi connectivity index (χ1n) is 12.0. The highest BCUT2D eigenvalue weighted by atomic mass is 32.2. The number of hydrogen-bond acceptors (Lipinski definition) is 7. The second-order valence-electron chi connectivity index (χ2n) is 9.10. The van der Waals surface area contributed by atoms with Gasteiger partial charge >= 0.3 is 6.03 Å². The molecule has 37 heavy (non-hydrogen) atoms. The molecule has 1 unspecified atom stereocenters. The van der Waals surface area contributed by atoms with Gasteiger partial charge in [-0.2, -0.15) is 0 Å². The Morgan fingerprint density at radius 2 is 2.00 bits per heavy atom. The number of rotatable bonds is 6. The van der Waals surface area contributed by atoms with Gasteiger partial charge < -0.3 is 19.9 Å². The van der Waals surface area contributed by atoms with Gasteiger partial charge in [0.1, 0.15) is 21.2 Å². The molecule has 2 aliphatic rings. The van der Waals surface area contributed by atoms with Crippen LogP contribution in [0.25, 0.3) is 10.2 Å². The number of anilines is 3. The van der Waals surface area contributed by atoms with Crippen molar-refractivity contribution in [3.63, 3.8) is 0 Å². The first kappa shape index (κ1) is 23.8. The van der Waals surface area contributed by atoms with E-state index in [9.17, 15) is 14.1 Å². The SMILES string of the molecule is Cc1cc(Oc2ccccc2)ccc1N1C(=O)Nc2c(C(=O)N[C@@H]3CCCC3SO)sc3nccc1c23. The standard InChI is InChI=1S/C27H24N4O4S2/c1-15-14-17(35-16-6-3-2-4-7-16)10-11-19(15)31-20-12-13-28-26-22(20)23(30-27(31)33)24(36-26)25(32)29-18-8-5-9-21(18)37-34/h2-4,6-7,10-14,18,21,34H,5,8-9H2,1H3,(H,29,32)(H,30,33)/t18-,21?/m1/s1. The molecule has 188 valence electrons. The molecule has 2 aromatic heterocycles. The number of amides is 3. The lowest BCUT2D eigenvalue weighted by atomic mass is 10.1. The Kier molecular flexibility index (Phi) is 6.23. The van der Waals surface area contributed by atoms with E-state index < -0.39 is 0 Å². The smallest absolute Gasteiger partial charge is 0.331 e. The third kappa shape index (κ3) is 4.30. The minimum absolute atomic E-state index is 0.0229. The van der Waals surface area contributed by atoms with Gasteiger partial charge in [-0.1, -0.05) is 24.6 Å². The van der Waals surface area contributed by atoms with Gasteiger partial charge in [0.25, 0.3) is 5.91 Å². The van der Waals surface area contributed by atoms with Crippen LogP contribution >= 0.6 is 23.4 Å². The number of pyridine rings is 1. The summed E-state index contributed by atoms with van der Waals surface area (Å²) in [4.78, 5) is 33.9. The molecule has 1 saturated carbocycles. The normalized spacial score (nSPS) is 18.6. The summed E-state index contributed by atoms with van der Waals surface area (Å²) in [5.74, 6) is 1.14. The Bertz CT molecular complexity index is 1510. The molecule has 0 radical (unpaired) electrons. The lowest BCUT2D eigenvalue weighted by Gasteiger charge is -2.29. The largest absolute Gasteiger partial charge is 0.457 e. The molecule has 0 saturated heterocycles. The van der Waals surface area contributed by atoms with Gasteiger partial charge in [0.2, 0.25) is 0 Å². The van der Waals surface area contributed by atoms with Gasteiger partial charge in [-0.15, -0.1) is 11.3 Å². The van der Waals surface area contributed by atoms with Crippen molar-refractivity contribution < 1.29 is 18.9 Å². The van der Waals surface area contributed by atoms with Gasteiger partial charge in [-0.25, -0.2) is 9.78 Å². The fourth-order valence-corrected chi connectivity index (χ4v) is 6.65. The minimum Gasteiger partial charge on any atom is -0.457 e. The van der Waals surface area contributed by atoms with Gasteiger partial charge in [0.05, 0.1) is 27.7 Å². The molecule has 0 spiro atoms. The second kappa shape index (κ2) is 9.70. The highest BCUT2D eigenvalue weighted by Crippen LogP contribution is 2.46. The molecule has 3 amide bonds. The van der Waals surface area contributed by atoms with Crippen LogP contribution in [0.5, 0.6) is 11.5 Å². The zero-order valence-electron chi connectivity index (χ0n) is 19.9. The number of nitrogens with one attached hydrogen (secondary N) is 2. The number of benzene rings is 2. The number of urea groups is 1. The van der Waals surface area contributed by atoms with Crippen LogP contribution in [-0.4, -0.2) is 32.8 Å². The van der Waals surface area contributed by atoms with Crippen molar-refractivity contribution in [2.45, 2.75) is 37.5 Å². The lowest BCUT2D eigenvalue weighted by Crippen LogP contribution is -2.39. The second-order valence-corrected chi connectivity index (χ2v) is 10.9. The van der Waals surface area contributed by atoms with E-state index in [4.69, 9.17) is 4.74 Å². The van der Waals surface area contributed by atoms with E-state index in [1.54, 1.807) is 17.2 Å². The van der Waals surface area contributed by atoms with Gasteiger partial charge in [-0.3, -0.25) is 9.69 Å². The molecule has 1 fully saturated rings. The maximum Gasteiger partial charge on any atom is 0.331 e. The van der Waals surface area contributed by atoms with Crippen molar-refractivity contribution in [1.29, 1.82) is 0 Å². The molecule has 10 heteroatoms. The van der Waals surface area contributed by atoms with Crippen molar-refractivity contribution in [3.8, 4) is 11.5 Å². The van der Waals surface area contributed by atoms with Crippen molar-refractivity contribution in [3.05, 3.63) is 71.2 Å². The molecule has 3 heterocycles. The minimum atomic E-state index is -0.350. The van der Waals surface area contributed by atoms with Crippen molar-refractivity contribution in [1.82, 2.24) is 10.3 Å². The molecular weight excluding hydrogens is 508 g/mol. The molecule has 1 aliphatic carbocycles. The van der Waals surface area contributed by atoms with Crippen LogP contribution < -0.4 is 20.3 Å². The van der Waals surface area contributed by atoms with Gasteiger partial charge in [0, 0.05) is 12.2 Å². The molecule has 3 N–H and O–H groups in total. The van der Waals surface area contributed by atoms with Gasteiger partial charge in [-0.05, 0) is 73.8 Å². The van der Waals surface area contributed by atoms with E-state index in [1.807, 2.05) is 55.5 Å². The monoisotopic (exact) mass is 532 g/mol. The zero-order chi connectivity index (χ0) is 25.5. The van der Waals surface area contributed by atoms with Crippen LogP contribution in [0.15, 0.2) is 60.8 Å². The number of ether oxygens (including phenoxy) is 1. The first-order chi connectivity index (χ1) is 18.0. The van der Waals surface area contributed by atoms with E-state index >= 15 is 0 Å². The number of nitrogens with zero attached hydrogens (tertiary/aromatic N) is 2. The number of aryl methyl sites for hydroxylation is 1. The highest BCUT2D eigenvalue weighted by Gasteiger charge is 2.35. The van der Waals surface area contributed by atoms with Crippen LogP contribution in [0.3, 0.4) is 0 Å². The molecule has 4 aromatic rings. The summed E-state index contributed by atoms with van der Waals surface area (Å²) in [6, 6.07) is 16.4. The lowest BCUT2D eigenvalue weighted by molar-refractivity contribution is 0.0943. The van der Waals surface area contributed by atoms with Gasteiger partial charge in [0.15, 0.2) is 0 Å². The first-order valence-corrected chi connectivity index (χ1v) is 13.7. The topological polar surface area (TPSA) is 104 Å². The number of carbonyl (C=O) groups is 2. The molecular formula is C27H24N4O4S2. The van der Waals surface area contributed by atoms with Crippen LogP contribution in [0.2, 0.25) is 0 Å². The average molecular weight is 533 g/mol. The summed E-state index contributed by atoms with van der Waals surface area (Å²) in [5.41, 5.74) is 2.72. The quantitative estimate of drug-likeness (QED) is 0.233. The molecule has 6 rings (SSSR count).